The highest BCUT2D eigenvalue weighted by atomic mass is 16.5. The van der Waals surface area contributed by atoms with Gasteiger partial charge in [0.05, 0.1) is 18.9 Å². The molecule has 0 aliphatic rings. The summed E-state index contributed by atoms with van der Waals surface area (Å²) in [4.78, 5) is 8.16. The van der Waals surface area contributed by atoms with Gasteiger partial charge in [0.2, 0.25) is 5.88 Å². The Morgan fingerprint density at radius 2 is 2.31 bits per heavy atom. The Morgan fingerprint density at radius 3 is 3.00 bits per heavy atom. The zero-order valence-electron chi connectivity index (χ0n) is 9.19. The maximum absolute atomic E-state index is 5.11. The third-order valence-corrected chi connectivity index (χ3v) is 2.25. The van der Waals surface area contributed by atoms with Gasteiger partial charge in [-0.3, -0.25) is 5.10 Å². The molecular weight excluding hydrogens is 206 g/mol. The molecule has 2 aromatic rings. The summed E-state index contributed by atoms with van der Waals surface area (Å²) in [6.07, 6.45) is 5.07. The molecule has 0 amide bonds. The molecule has 0 saturated heterocycles. The van der Waals surface area contributed by atoms with Crippen molar-refractivity contribution in [2.45, 2.75) is 13.5 Å². The van der Waals surface area contributed by atoms with E-state index in [1.54, 1.807) is 13.3 Å². The molecule has 0 aliphatic carbocycles. The van der Waals surface area contributed by atoms with Crippen LogP contribution in [-0.4, -0.2) is 27.3 Å². The summed E-state index contributed by atoms with van der Waals surface area (Å²) in [6, 6.07) is 0. The molecule has 2 heterocycles. The normalized spacial score (nSPS) is 10.1. The molecule has 2 N–H and O–H groups in total. The van der Waals surface area contributed by atoms with Gasteiger partial charge < -0.3 is 10.1 Å². The molecular formula is C10H13N5O. The first-order valence-electron chi connectivity index (χ1n) is 4.88. The number of anilines is 1. The van der Waals surface area contributed by atoms with E-state index in [1.165, 1.54) is 6.33 Å². The smallest absolute Gasteiger partial charge is 0.221 e. The van der Waals surface area contributed by atoms with E-state index in [0.717, 1.165) is 16.9 Å². The molecule has 2 aromatic heterocycles. The fourth-order valence-electron chi connectivity index (χ4n) is 1.38. The van der Waals surface area contributed by atoms with Crippen molar-refractivity contribution < 1.29 is 4.74 Å². The average Bonchev–Trinajstić information content (AvgIpc) is 2.81. The second kappa shape index (κ2) is 4.61. The van der Waals surface area contributed by atoms with E-state index in [2.05, 4.69) is 25.5 Å². The summed E-state index contributed by atoms with van der Waals surface area (Å²) in [6.45, 7) is 2.58. The third-order valence-electron chi connectivity index (χ3n) is 2.25. The van der Waals surface area contributed by atoms with Crippen LogP contribution in [0, 0.1) is 6.92 Å². The Bertz CT molecular complexity index is 454. The van der Waals surface area contributed by atoms with Crippen molar-refractivity contribution >= 4 is 5.82 Å². The number of H-pyrrole nitrogens is 1. The number of hydrogen-bond acceptors (Lipinski definition) is 5. The van der Waals surface area contributed by atoms with Crippen LogP contribution in [0.15, 0.2) is 18.7 Å². The number of hydrogen-bond donors (Lipinski definition) is 2. The lowest BCUT2D eigenvalue weighted by Crippen LogP contribution is -2.04. The maximum atomic E-state index is 5.11. The number of nitrogens with zero attached hydrogens (tertiary/aromatic N) is 3. The number of aromatic nitrogens is 4. The molecule has 6 nitrogen and oxygen atoms in total. The van der Waals surface area contributed by atoms with Gasteiger partial charge in [-0.2, -0.15) is 5.10 Å². The lowest BCUT2D eigenvalue weighted by atomic mass is 10.3. The number of nitrogens with one attached hydrogen (secondary N) is 2. The minimum atomic E-state index is 0.588. The van der Waals surface area contributed by atoms with E-state index in [-0.39, 0.29) is 0 Å². The predicted molar refractivity (Wildman–Crippen MR) is 59.2 cm³/mol. The number of methoxy groups -OCH3 is 1. The minimum Gasteiger partial charge on any atom is -0.481 e. The molecule has 0 bridgehead atoms. The molecule has 0 radical (unpaired) electrons. The van der Waals surface area contributed by atoms with Gasteiger partial charge >= 0.3 is 0 Å². The van der Waals surface area contributed by atoms with E-state index < -0.39 is 0 Å². The topological polar surface area (TPSA) is 75.7 Å². The van der Waals surface area contributed by atoms with Crippen LogP contribution in [0.2, 0.25) is 0 Å². The van der Waals surface area contributed by atoms with E-state index in [1.807, 2.05) is 13.1 Å². The Hall–Kier alpha value is -2.11. The Kier molecular flexibility index (Phi) is 3.00. The summed E-state index contributed by atoms with van der Waals surface area (Å²) in [5.74, 6) is 1.36. The first kappa shape index (κ1) is 10.4. The molecule has 0 atom stereocenters. The molecule has 0 saturated carbocycles. The van der Waals surface area contributed by atoms with Crippen LogP contribution in [0.25, 0.3) is 0 Å². The van der Waals surface area contributed by atoms with Crippen LogP contribution >= 0.6 is 0 Å². The number of rotatable bonds is 4. The molecule has 84 valence electrons. The fourth-order valence-corrected chi connectivity index (χ4v) is 1.38. The average molecular weight is 219 g/mol. The third kappa shape index (κ3) is 2.10. The molecule has 0 spiro atoms. The van der Waals surface area contributed by atoms with Crippen molar-refractivity contribution in [2.24, 2.45) is 0 Å². The summed E-state index contributed by atoms with van der Waals surface area (Å²) in [5.41, 5.74) is 1.96. The summed E-state index contributed by atoms with van der Waals surface area (Å²) >= 11 is 0. The van der Waals surface area contributed by atoms with Crippen LogP contribution in [-0.2, 0) is 6.54 Å². The van der Waals surface area contributed by atoms with E-state index >= 15 is 0 Å². The van der Waals surface area contributed by atoms with E-state index in [0.29, 0.717) is 12.4 Å². The predicted octanol–water partition coefficient (Wildman–Crippen LogP) is 1.13. The highest BCUT2D eigenvalue weighted by Gasteiger charge is 2.06. The van der Waals surface area contributed by atoms with Crippen molar-refractivity contribution in [3.05, 3.63) is 29.8 Å². The Morgan fingerprint density at radius 1 is 1.44 bits per heavy atom. The lowest BCUT2D eigenvalue weighted by Gasteiger charge is -2.09. The molecule has 16 heavy (non-hydrogen) atoms. The lowest BCUT2D eigenvalue weighted by molar-refractivity contribution is 0.393. The summed E-state index contributed by atoms with van der Waals surface area (Å²) in [5, 5.41) is 9.82. The summed E-state index contributed by atoms with van der Waals surface area (Å²) in [7, 11) is 1.59. The Labute approximate surface area is 93.1 Å². The second-order valence-electron chi connectivity index (χ2n) is 3.32. The van der Waals surface area contributed by atoms with Crippen molar-refractivity contribution in [1.82, 2.24) is 20.2 Å². The van der Waals surface area contributed by atoms with E-state index in [4.69, 9.17) is 4.74 Å². The molecule has 6 heteroatoms. The second-order valence-corrected chi connectivity index (χ2v) is 3.32. The van der Waals surface area contributed by atoms with Gasteiger partial charge in [-0.1, -0.05) is 0 Å². The van der Waals surface area contributed by atoms with Crippen LogP contribution in [0.1, 0.15) is 11.1 Å². The molecule has 2 rings (SSSR count). The zero-order chi connectivity index (χ0) is 11.4. The van der Waals surface area contributed by atoms with Crippen molar-refractivity contribution in [3.63, 3.8) is 0 Å². The van der Waals surface area contributed by atoms with Gasteiger partial charge in [0, 0.05) is 18.3 Å². The number of aromatic amines is 1. The van der Waals surface area contributed by atoms with Gasteiger partial charge in [0.15, 0.2) is 0 Å². The highest BCUT2D eigenvalue weighted by molar-refractivity contribution is 5.47. The van der Waals surface area contributed by atoms with Gasteiger partial charge in [-0.15, -0.1) is 0 Å². The maximum Gasteiger partial charge on any atom is 0.221 e. The standard InChI is InChI=1S/C10H13N5O/c1-7-9(12-6-13-10(7)16-2)11-3-8-4-14-15-5-8/h4-6H,3H2,1-2H3,(H,14,15)(H,11,12,13). The van der Waals surface area contributed by atoms with Crippen LogP contribution < -0.4 is 10.1 Å². The van der Waals surface area contributed by atoms with Crippen molar-refractivity contribution in [2.75, 3.05) is 12.4 Å². The largest absolute Gasteiger partial charge is 0.481 e. The van der Waals surface area contributed by atoms with Crippen molar-refractivity contribution in [1.29, 1.82) is 0 Å². The first-order chi connectivity index (χ1) is 7.81. The van der Waals surface area contributed by atoms with Gasteiger partial charge in [-0.05, 0) is 6.92 Å². The molecule has 0 aliphatic heterocycles. The zero-order valence-corrected chi connectivity index (χ0v) is 9.19. The highest BCUT2D eigenvalue weighted by Crippen LogP contribution is 2.19. The summed E-state index contributed by atoms with van der Waals surface area (Å²) < 4.78 is 5.11. The van der Waals surface area contributed by atoms with Gasteiger partial charge in [0.25, 0.3) is 0 Å². The van der Waals surface area contributed by atoms with Crippen LogP contribution in [0.3, 0.4) is 0 Å². The van der Waals surface area contributed by atoms with Crippen molar-refractivity contribution in [3.8, 4) is 5.88 Å². The molecule has 0 fully saturated rings. The Balaban J connectivity index is 2.09. The van der Waals surface area contributed by atoms with Crippen LogP contribution in [0.4, 0.5) is 5.82 Å². The monoisotopic (exact) mass is 219 g/mol. The number of ether oxygens (including phenoxy) is 1. The van der Waals surface area contributed by atoms with Gasteiger partial charge in [-0.25, -0.2) is 9.97 Å². The quantitative estimate of drug-likeness (QED) is 0.806. The van der Waals surface area contributed by atoms with Crippen LogP contribution in [0.5, 0.6) is 5.88 Å². The fraction of sp³-hybridized carbons (Fsp3) is 0.300. The van der Waals surface area contributed by atoms with E-state index in [9.17, 15) is 0 Å². The SMILES string of the molecule is COc1ncnc(NCc2cn[nH]c2)c1C. The van der Waals surface area contributed by atoms with Gasteiger partial charge in [0.1, 0.15) is 12.1 Å². The molecule has 0 aromatic carbocycles. The molecule has 0 unspecified atom stereocenters. The minimum absolute atomic E-state index is 0.588. The first-order valence-corrected chi connectivity index (χ1v) is 4.88.